The van der Waals surface area contributed by atoms with E-state index >= 15 is 0 Å². The molecule has 1 aliphatic heterocycles. The largest absolute Gasteiger partial charge is 0.381 e. The van der Waals surface area contributed by atoms with Crippen molar-refractivity contribution in [2.24, 2.45) is 0 Å². The molecule has 0 bridgehead atoms. The molecule has 1 heterocycles. The van der Waals surface area contributed by atoms with Crippen molar-refractivity contribution in [1.29, 1.82) is 0 Å². The van der Waals surface area contributed by atoms with E-state index in [-0.39, 0.29) is 32.3 Å². The monoisotopic (exact) mass is 662 g/mol. The SMILES string of the molecule is C1=C\CC/C=C\CC/1.C1CCC([PH+](CC[PH+](C2CCCCC2)C2CCCCC2)C2CCCCC2)CC1.C1CCOC1.[Ni]. The minimum absolute atomic E-state index is 0. The first kappa shape index (κ1) is 37.3. The minimum atomic E-state index is -0.0909. The Morgan fingerprint density at radius 2 is 0.643 bits per heavy atom. The summed E-state index contributed by atoms with van der Waals surface area (Å²) in [5.41, 5.74) is 4.90. The van der Waals surface area contributed by atoms with E-state index in [0.29, 0.717) is 0 Å². The van der Waals surface area contributed by atoms with Crippen molar-refractivity contribution in [2.45, 2.75) is 190 Å². The summed E-state index contributed by atoms with van der Waals surface area (Å²) in [6, 6.07) is 0. The molecule has 0 amide bonds. The van der Waals surface area contributed by atoms with Gasteiger partial charge in [0.25, 0.3) is 0 Å². The molecule has 5 aliphatic carbocycles. The maximum absolute atomic E-state index is 4.94. The van der Waals surface area contributed by atoms with E-state index in [1.54, 1.807) is 141 Å². The third kappa shape index (κ3) is 14.5. The molecule has 0 atom stereocenters. The molecule has 5 fully saturated rings. The molecule has 0 aromatic heterocycles. The molecule has 0 N–H and O–H groups in total. The zero-order valence-corrected chi connectivity index (χ0v) is 30.5. The predicted octanol–water partition coefficient (Wildman–Crippen LogP) is 12.2. The van der Waals surface area contributed by atoms with Crippen LogP contribution >= 0.6 is 15.8 Å². The van der Waals surface area contributed by atoms with Crippen LogP contribution in [-0.4, -0.2) is 48.2 Å². The molecule has 6 rings (SSSR count). The minimum Gasteiger partial charge on any atom is -0.381 e. The summed E-state index contributed by atoms with van der Waals surface area (Å²) in [6.07, 6.45) is 52.0. The van der Waals surface area contributed by atoms with E-state index in [1.807, 2.05) is 0 Å². The first-order valence-corrected chi connectivity index (χ1v) is 22.7. The molecule has 42 heavy (non-hydrogen) atoms. The van der Waals surface area contributed by atoms with E-state index in [0.717, 1.165) is 13.2 Å². The molecule has 1 nitrogen and oxygen atoms in total. The van der Waals surface area contributed by atoms with Gasteiger partial charge in [-0.1, -0.05) is 50.0 Å². The fourth-order valence-corrected chi connectivity index (χ4v) is 18.9. The van der Waals surface area contributed by atoms with Crippen LogP contribution in [0.5, 0.6) is 0 Å². The van der Waals surface area contributed by atoms with E-state index in [2.05, 4.69) is 24.3 Å². The van der Waals surface area contributed by atoms with E-state index in [1.165, 1.54) is 61.2 Å². The van der Waals surface area contributed by atoms with Gasteiger partial charge in [-0.2, -0.15) is 0 Å². The molecule has 0 spiro atoms. The van der Waals surface area contributed by atoms with Crippen LogP contribution in [-0.2, 0) is 21.2 Å². The Balaban J connectivity index is 0.000000284. The number of hydrogen-bond donors (Lipinski definition) is 0. The zero-order chi connectivity index (χ0) is 28.2. The van der Waals surface area contributed by atoms with Gasteiger partial charge >= 0.3 is 0 Å². The molecule has 4 saturated carbocycles. The summed E-state index contributed by atoms with van der Waals surface area (Å²) in [4.78, 5) is 0. The fourth-order valence-electron chi connectivity index (χ4n) is 9.03. The Hall–Kier alpha value is 0.794. The van der Waals surface area contributed by atoms with Crippen molar-refractivity contribution in [2.75, 3.05) is 25.5 Å². The van der Waals surface area contributed by atoms with Gasteiger partial charge in [0.2, 0.25) is 0 Å². The summed E-state index contributed by atoms with van der Waals surface area (Å²) in [5, 5.41) is 0. The second-order valence-corrected chi connectivity index (χ2v) is 21.0. The summed E-state index contributed by atoms with van der Waals surface area (Å²) in [6.45, 7) is 2.00. The van der Waals surface area contributed by atoms with Gasteiger partial charge in [0.05, 0.1) is 35.0 Å². The van der Waals surface area contributed by atoms with Crippen molar-refractivity contribution in [1.82, 2.24) is 0 Å². The third-order valence-corrected chi connectivity index (χ3v) is 20.0. The van der Waals surface area contributed by atoms with Gasteiger partial charge in [-0.3, -0.25) is 0 Å². The van der Waals surface area contributed by atoms with Crippen LogP contribution in [0.3, 0.4) is 0 Å². The van der Waals surface area contributed by atoms with Crippen molar-refractivity contribution < 1.29 is 21.2 Å². The number of hydrogen-bond acceptors (Lipinski definition) is 1. The van der Waals surface area contributed by atoms with Crippen LogP contribution in [0.2, 0.25) is 0 Å². The van der Waals surface area contributed by atoms with Crippen molar-refractivity contribution in [3.63, 3.8) is 0 Å². The Bertz CT molecular complexity index is 574. The maximum Gasteiger partial charge on any atom is 0.0910 e. The van der Waals surface area contributed by atoms with Gasteiger partial charge in [-0.05, 0) is 141 Å². The molecule has 1 saturated heterocycles. The predicted molar refractivity (Wildman–Crippen MR) is 191 cm³/mol. The van der Waals surface area contributed by atoms with Gasteiger partial charge in [0, 0.05) is 45.5 Å². The van der Waals surface area contributed by atoms with Crippen LogP contribution in [0.4, 0.5) is 0 Å². The van der Waals surface area contributed by atoms with Gasteiger partial charge < -0.3 is 4.74 Å². The Morgan fingerprint density at radius 1 is 0.381 bits per heavy atom. The second kappa shape index (κ2) is 24.0. The van der Waals surface area contributed by atoms with Crippen molar-refractivity contribution in [3.8, 4) is 0 Å². The van der Waals surface area contributed by atoms with Crippen molar-refractivity contribution >= 4 is 15.8 Å². The molecule has 246 valence electrons. The second-order valence-electron chi connectivity index (χ2n) is 14.4. The molecule has 6 aliphatic rings. The Kier molecular flexibility index (Phi) is 21.3. The molecular formula is C38H70NiOP2+2. The summed E-state index contributed by atoms with van der Waals surface area (Å²) < 4.78 is 4.94. The fraction of sp³-hybridized carbons (Fsp3) is 0.895. The summed E-state index contributed by atoms with van der Waals surface area (Å²) in [7, 11) is -0.182. The van der Waals surface area contributed by atoms with Crippen LogP contribution in [0.25, 0.3) is 0 Å². The summed E-state index contributed by atoms with van der Waals surface area (Å²) >= 11 is 0. The van der Waals surface area contributed by atoms with Gasteiger partial charge in [0.1, 0.15) is 0 Å². The van der Waals surface area contributed by atoms with Crippen LogP contribution < -0.4 is 0 Å². The Morgan fingerprint density at radius 3 is 0.857 bits per heavy atom. The summed E-state index contributed by atoms with van der Waals surface area (Å²) in [5.74, 6) is 0. The first-order chi connectivity index (χ1) is 20.4. The van der Waals surface area contributed by atoms with E-state index < -0.39 is 0 Å². The molecule has 0 aromatic rings. The molecule has 0 aromatic carbocycles. The molecule has 4 heteroatoms. The van der Waals surface area contributed by atoms with Crippen molar-refractivity contribution in [3.05, 3.63) is 24.3 Å². The molecular weight excluding hydrogens is 593 g/mol. The van der Waals surface area contributed by atoms with E-state index in [4.69, 9.17) is 4.74 Å². The quantitative estimate of drug-likeness (QED) is 0.150. The average molecular weight is 664 g/mol. The van der Waals surface area contributed by atoms with Gasteiger partial charge in [-0.15, -0.1) is 0 Å². The van der Waals surface area contributed by atoms with E-state index in [9.17, 15) is 0 Å². The zero-order valence-electron chi connectivity index (χ0n) is 27.6. The normalized spacial score (nSPS) is 26.6. The van der Waals surface area contributed by atoms with Crippen LogP contribution in [0, 0.1) is 0 Å². The first-order valence-electron chi connectivity index (χ1n) is 19.0. The molecule has 0 unspecified atom stereocenters. The van der Waals surface area contributed by atoms with Gasteiger partial charge in [0.15, 0.2) is 0 Å². The third-order valence-electron chi connectivity index (χ3n) is 11.4. The smallest absolute Gasteiger partial charge is 0.0910 e. The van der Waals surface area contributed by atoms with Gasteiger partial charge in [-0.25, -0.2) is 0 Å². The van der Waals surface area contributed by atoms with Crippen LogP contribution in [0.1, 0.15) is 167 Å². The number of rotatable bonds is 7. The number of ether oxygens (including phenoxy) is 1. The van der Waals surface area contributed by atoms with Crippen LogP contribution in [0.15, 0.2) is 24.3 Å². The topological polar surface area (TPSA) is 9.23 Å². The Labute approximate surface area is 275 Å². The standard InChI is InChI=1S/C26H48P2.C8H12.C4H8O.Ni/c1-5-13-23(14-6-1)27(24-15-7-2-8-16-24)21-22-28(25-17-9-3-10-18-25)26-19-11-4-12-20-26;1-2-4-6-8-7-5-3-1;1-2-4-5-3-1;/h23-26H,1-22H2;1-2,7-8H,3-6H2;1-4H2;/p+2/b;2-1-,8-7-;;. The number of allylic oxidation sites excluding steroid dienone is 4. The maximum atomic E-state index is 4.94. The average Bonchev–Trinajstić information content (AvgIpc) is 3.62. The molecule has 0 radical (unpaired) electrons.